The summed E-state index contributed by atoms with van der Waals surface area (Å²) < 4.78 is 5.70. The van der Waals surface area contributed by atoms with Crippen molar-refractivity contribution in [2.75, 3.05) is 6.61 Å². The molecular weight excluding hydrogens is 208 g/mol. The van der Waals surface area contributed by atoms with Crippen molar-refractivity contribution >= 4 is 0 Å². The average molecular weight is 228 g/mol. The van der Waals surface area contributed by atoms with Crippen LogP contribution >= 0.6 is 0 Å². The van der Waals surface area contributed by atoms with Crippen LogP contribution in [0.2, 0.25) is 0 Å². The molecular formula is C11H20N2O3. The van der Waals surface area contributed by atoms with Crippen LogP contribution < -0.4 is 11.5 Å². The van der Waals surface area contributed by atoms with Gasteiger partial charge in [-0.2, -0.15) is 0 Å². The summed E-state index contributed by atoms with van der Waals surface area (Å²) in [6.07, 6.45) is 3.84. The van der Waals surface area contributed by atoms with E-state index in [1.54, 1.807) is 0 Å². The molecule has 0 bridgehead atoms. The van der Waals surface area contributed by atoms with E-state index in [1.165, 1.54) is 0 Å². The molecule has 0 unspecified atom stereocenters. The fraction of sp³-hybridized carbons (Fsp3) is 0.818. The van der Waals surface area contributed by atoms with Crippen LogP contribution in [0.3, 0.4) is 0 Å². The Balaban J connectivity index is 2.23. The highest BCUT2D eigenvalue weighted by atomic mass is 16.5. The van der Waals surface area contributed by atoms with Crippen LogP contribution in [0.5, 0.6) is 0 Å². The second kappa shape index (κ2) is 4.43. The van der Waals surface area contributed by atoms with Crippen LogP contribution in [0.15, 0.2) is 12.2 Å². The molecule has 2 aliphatic rings. The summed E-state index contributed by atoms with van der Waals surface area (Å²) in [5.74, 6) is 0. The zero-order chi connectivity index (χ0) is 11.8. The van der Waals surface area contributed by atoms with Crippen molar-refractivity contribution in [3.63, 3.8) is 0 Å². The number of hydrogen-bond donors (Lipinski definition) is 4. The molecule has 0 aromatic rings. The van der Waals surface area contributed by atoms with Crippen molar-refractivity contribution in [1.29, 1.82) is 0 Å². The van der Waals surface area contributed by atoms with Gasteiger partial charge in [-0.15, -0.1) is 0 Å². The van der Waals surface area contributed by atoms with Gasteiger partial charge in [0.1, 0.15) is 11.7 Å². The minimum absolute atomic E-state index is 0.333. The number of ether oxygens (including phenoxy) is 1. The quantitative estimate of drug-likeness (QED) is 0.393. The maximum absolute atomic E-state index is 10.2. The second-order valence-electron chi connectivity index (χ2n) is 4.72. The predicted molar refractivity (Wildman–Crippen MR) is 59.6 cm³/mol. The second-order valence-corrected chi connectivity index (χ2v) is 4.72. The molecule has 5 heteroatoms. The maximum atomic E-state index is 10.2. The van der Waals surface area contributed by atoms with Crippen LogP contribution in [-0.4, -0.2) is 46.7 Å². The van der Waals surface area contributed by atoms with E-state index in [2.05, 4.69) is 0 Å². The monoisotopic (exact) mass is 228 g/mol. The number of aliphatic hydroxyl groups excluding tert-OH is 2. The van der Waals surface area contributed by atoms with Gasteiger partial charge in [0.05, 0.1) is 12.7 Å². The first-order valence-electron chi connectivity index (χ1n) is 5.74. The highest BCUT2D eigenvalue weighted by Gasteiger charge is 2.52. The molecule has 5 atom stereocenters. The van der Waals surface area contributed by atoms with Gasteiger partial charge in [-0.25, -0.2) is 0 Å². The lowest BCUT2D eigenvalue weighted by atomic mass is 9.72. The van der Waals surface area contributed by atoms with Gasteiger partial charge >= 0.3 is 0 Å². The summed E-state index contributed by atoms with van der Waals surface area (Å²) >= 11 is 0. The van der Waals surface area contributed by atoms with E-state index in [0.717, 1.165) is 6.42 Å². The summed E-state index contributed by atoms with van der Waals surface area (Å²) in [5, 5.41) is 20.0. The minimum atomic E-state index is -1.01. The fourth-order valence-electron chi connectivity index (χ4n) is 2.67. The minimum Gasteiger partial charge on any atom is -0.389 e. The van der Waals surface area contributed by atoms with E-state index in [0.29, 0.717) is 19.4 Å². The molecule has 16 heavy (non-hydrogen) atoms. The molecule has 0 radical (unpaired) electrons. The Labute approximate surface area is 95.1 Å². The molecule has 1 aliphatic carbocycles. The molecule has 1 fully saturated rings. The topological polar surface area (TPSA) is 102 Å². The largest absolute Gasteiger partial charge is 0.389 e. The third kappa shape index (κ3) is 1.78. The third-order valence-corrected chi connectivity index (χ3v) is 3.73. The molecule has 6 N–H and O–H groups in total. The van der Waals surface area contributed by atoms with Crippen molar-refractivity contribution in [3.05, 3.63) is 12.2 Å². The maximum Gasteiger partial charge on any atom is 0.112 e. The lowest BCUT2D eigenvalue weighted by molar-refractivity contribution is -0.190. The van der Waals surface area contributed by atoms with Gasteiger partial charge in [-0.1, -0.05) is 12.2 Å². The molecule has 0 aromatic carbocycles. The van der Waals surface area contributed by atoms with Crippen LogP contribution in [0.25, 0.3) is 0 Å². The van der Waals surface area contributed by atoms with Crippen LogP contribution in [0.1, 0.15) is 19.3 Å². The van der Waals surface area contributed by atoms with E-state index in [9.17, 15) is 10.2 Å². The molecule has 92 valence electrons. The standard InChI is InChI=1S/C11H20N2O3/c12-7-6-8(13)11(10(15)9(7)14)4-2-1-3-5-16-11/h1,3,7-10,14-15H,2,4-6,12-13H2/t7-,8+,9+,10-,11+/m1/s1. The van der Waals surface area contributed by atoms with Gasteiger partial charge in [0, 0.05) is 12.1 Å². The number of hydrogen-bond acceptors (Lipinski definition) is 5. The lowest BCUT2D eigenvalue weighted by Gasteiger charge is -2.49. The first kappa shape index (κ1) is 12.0. The van der Waals surface area contributed by atoms with Crippen LogP contribution in [0.4, 0.5) is 0 Å². The van der Waals surface area contributed by atoms with Crippen molar-refractivity contribution in [2.24, 2.45) is 11.5 Å². The highest BCUT2D eigenvalue weighted by Crippen LogP contribution is 2.36. The first-order chi connectivity index (χ1) is 7.58. The smallest absolute Gasteiger partial charge is 0.112 e. The first-order valence-corrected chi connectivity index (χ1v) is 5.74. The molecule has 1 aliphatic heterocycles. The summed E-state index contributed by atoms with van der Waals surface area (Å²) in [4.78, 5) is 0. The van der Waals surface area contributed by atoms with Gasteiger partial charge in [0.2, 0.25) is 0 Å². The van der Waals surface area contributed by atoms with Crippen molar-refractivity contribution in [2.45, 2.75) is 49.2 Å². The van der Waals surface area contributed by atoms with Gasteiger partial charge in [-0.05, 0) is 19.3 Å². The van der Waals surface area contributed by atoms with Gasteiger partial charge < -0.3 is 26.4 Å². The molecule has 1 heterocycles. The van der Waals surface area contributed by atoms with E-state index in [-0.39, 0.29) is 6.04 Å². The summed E-state index contributed by atoms with van der Waals surface area (Å²) in [6.45, 7) is 0.423. The molecule has 0 saturated heterocycles. The van der Waals surface area contributed by atoms with Gasteiger partial charge in [0.15, 0.2) is 0 Å². The van der Waals surface area contributed by atoms with E-state index in [4.69, 9.17) is 16.2 Å². The van der Waals surface area contributed by atoms with E-state index < -0.39 is 23.9 Å². The SMILES string of the molecule is N[C@@H]1C[C@H](N)[C@@]2(CCC=CCO2)[C@H](O)[C@H]1O. The van der Waals surface area contributed by atoms with Crippen LogP contribution in [-0.2, 0) is 4.74 Å². The molecule has 1 saturated carbocycles. The summed E-state index contributed by atoms with van der Waals surface area (Å²) in [5.41, 5.74) is 10.9. The van der Waals surface area contributed by atoms with Crippen molar-refractivity contribution in [1.82, 2.24) is 0 Å². The Hall–Kier alpha value is -0.460. The Morgan fingerprint density at radius 3 is 2.75 bits per heavy atom. The summed E-state index contributed by atoms with van der Waals surface area (Å²) in [6, 6.07) is -0.809. The molecule has 0 amide bonds. The predicted octanol–water partition coefficient (Wildman–Crippen LogP) is -1.13. The Bertz CT molecular complexity index is 272. The number of allylic oxidation sites excluding steroid dienone is 1. The lowest BCUT2D eigenvalue weighted by Crippen LogP contribution is -2.69. The van der Waals surface area contributed by atoms with E-state index >= 15 is 0 Å². The average Bonchev–Trinajstić information content (AvgIpc) is 2.51. The van der Waals surface area contributed by atoms with Crippen LogP contribution in [0, 0.1) is 0 Å². The Kier molecular flexibility index (Phi) is 3.32. The molecule has 2 rings (SSSR count). The van der Waals surface area contributed by atoms with Crippen molar-refractivity contribution in [3.8, 4) is 0 Å². The number of aliphatic hydroxyl groups is 2. The Morgan fingerprint density at radius 2 is 2.00 bits per heavy atom. The normalized spacial score (nSPS) is 49.2. The number of nitrogens with two attached hydrogens (primary N) is 2. The molecule has 5 nitrogen and oxygen atoms in total. The van der Waals surface area contributed by atoms with Gasteiger partial charge in [0.25, 0.3) is 0 Å². The number of rotatable bonds is 0. The Morgan fingerprint density at radius 1 is 1.25 bits per heavy atom. The molecule has 0 aromatic heterocycles. The van der Waals surface area contributed by atoms with Crippen molar-refractivity contribution < 1.29 is 14.9 Å². The van der Waals surface area contributed by atoms with Gasteiger partial charge in [-0.3, -0.25) is 0 Å². The zero-order valence-electron chi connectivity index (χ0n) is 9.25. The summed E-state index contributed by atoms with van der Waals surface area (Å²) in [7, 11) is 0. The fourth-order valence-corrected chi connectivity index (χ4v) is 2.67. The van der Waals surface area contributed by atoms with E-state index in [1.807, 2.05) is 12.2 Å². The third-order valence-electron chi connectivity index (χ3n) is 3.73. The molecule has 1 spiro atoms. The zero-order valence-corrected chi connectivity index (χ0v) is 9.25. The highest BCUT2D eigenvalue weighted by molar-refractivity contribution is 5.10.